The third kappa shape index (κ3) is 2.68. The summed E-state index contributed by atoms with van der Waals surface area (Å²) in [5, 5.41) is 12.4. The number of hydrogen-bond donors (Lipinski definition) is 1. The van der Waals surface area contributed by atoms with Crippen molar-refractivity contribution in [1.82, 2.24) is 4.90 Å². The highest BCUT2D eigenvalue weighted by Crippen LogP contribution is 2.37. The first-order chi connectivity index (χ1) is 11.2. The normalized spacial score (nSPS) is 23.1. The van der Waals surface area contributed by atoms with E-state index in [0.717, 1.165) is 28.4 Å². The predicted octanol–water partition coefficient (Wildman–Crippen LogP) is 2.47. The first kappa shape index (κ1) is 14.5. The quantitative estimate of drug-likeness (QED) is 0.918. The summed E-state index contributed by atoms with van der Waals surface area (Å²) in [5.74, 6) is 1.49. The van der Waals surface area contributed by atoms with E-state index in [0.29, 0.717) is 13.1 Å². The van der Waals surface area contributed by atoms with E-state index in [2.05, 4.69) is 0 Å². The lowest BCUT2D eigenvalue weighted by Gasteiger charge is -2.36. The molecule has 0 spiro atoms. The second kappa shape index (κ2) is 5.86. The van der Waals surface area contributed by atoms with E-state index in [-0.39, 0.29) is 18.6 Å². The predicted molar refractivity (Wildman–Crippen MR) is 86.2 cm³/mol. The standard InChI is InChI=1S/C17H17NO4S/c19-13-9-18(17(20)16-2-1-7-23-16)6-5-12(13)11-3-4-14-15(8-11)22-10-21-14/h1-4,7-8,12-13,19H,5-6,9-10H2/t12-,13+/m0/s1. The van der Waals surface area contributed by atoms with Gasteiger partial charge in [-0.05, 0) is 35.6 Å². The molecule has 1 saturated heterocycles. The number of benzene rings is 1. The number of hydrogen-bond acceptors (Lipinski definition) is 5. The van der Waals surface area contributed by atoms with Crippen LogP contribution in [0.3, 0.4) is 0 Å². The van der Waals surface area contributed by atoms with Gasteiger partial charge < -0.3 is 19.5 Å². The highest BCUT2D eigenvalue weighted by Gasteiger charge is 2.32. The molecule has 4 rings (SSSR count). The molecule has 0 radical (unpaired) electrons. The van der Waals surface area contributed by atoms with Crippen LogP contribution >= 0.6 is 11.3 Å². The number of carbonyl (C=O) groups excluding carboxylic acids is 1. The summed E-state index contributed by atoms with van der Waals surface area (Å²) in [4.78, 5) is 14.8. The average molecular weight is 331 g/mol. The van der Waals surface area contributed by atoms with Gasteiger partial charge in [0, 0.05) is 19.0 Å². The lowest BCUT2D eigenvalue weighted by molar-refractivity contribution is 0.0385. The van der Waals surface area contributed by atoms with Crippen molar-refractivity contribution in [2.45, 2.75) is 18.4 Å². The van der Waals surface area contributed by atoms with Gasteiger partial charge in [0.05, 0.1) is 11.0 Å². The Balaban J connectivity index is 1.48. The monoisotopic (exact) mass is 331 g/mol. The van der Waals surface area contributed by atoms with Gasteiger partial charge in [0.1, 0.15) is 0 Å². The van der Waals surface area contributed by atoms with Crippen molar-refractivity contribution in [3.8, 4) is 11.5 Å². The molecule has 2 aliphatic heterocycles. The Morgan fingerprint density at radius 3 is 2.91 bits per heavy atom. The smallest absolute Gasteiger partial charge is 0.264 e. The summed E-state index contributed by atoms with van der Waals surface area (Å²) in [6, 6.07) is 9.48. The van der Waals surface area contributed by atoms with Crippen LogP contribution in [0.2, 0.25) is 0 Å². The molecule has 2 aliphatic rings. The zero-order chi connectivity index (χ0) is 15.8. The van der Waals surface area contributed by atoms with Gasteiger partial charge in [0.2, 0.25) is 6.79 Å². The summed E-state index contributed by atoms with van der Waals surface area (Å²) in [7, 11) is 0. The topological polar surface area (TPSA) is 59.0 Å². The first-order valence-electron chi connectivity index (χ1n) is 7.63. The minimum absolute atomic E-state index is 0.00295. The maximum Gasteiger partial charge on any atom is 0.264 e. The molecule has 120 valence electrons. The van der Waals surface area contributed by atoms with Crippen LogP contribution in [-0.4, -0.2) is 41.9 Å². The van der Waals surface area contributed by atoms with Crippen molar-refractivity contribution < 1.29 is 19.4 Å². The second-order valence-electron chi connectivity index (χ2n) is 5.80. The Bertz CT molecular complexity index is 715. The van der Waals surface area contributed by atoms with Crippen LogP contribution in [0.25, 0.3) is 0 Å². The van der Waals surface area contributed by atoms with Gasteiger partial charge in [-0.25, -0.2) is 0 Å². The van der Waals surface area contributed by atoms with Crippen molar-refractivity contribution in [3.05, 3.63) is 46.2 Å². The number of nitrogens with zero attached hydrogens (tertiary/aromatic N) is 1. The lowest BCUT2D eigenvalue weighted by atomic mass is 9.87. The van der Waals surface area contributed by atoms with Crippen LogP contribution in [0.5, 0.6) is 11.5 Å². The number of amides is 1. The van der Waals surface area contributed by atoms with E-state index in [9.17, 15) is 9.90 Å². The fraction of sp³-hybridized carbons (Fsp3) is 0.353. The summed E-state index contributed by atoms with van der Waals surface area (Å²) in [5.41, 5.74) is 1.03. The average Bonchev–Trinajstić information content (AvgIpc) is 3.24. The molecule has 23 heavy (non-hydrogen) atoms. The van der Waals surface area contributed by atoms with Gasteiger partial charge in [0.25, 0.3) is 5.91 Å². The van der Waals surface area contributed by atoms with E-state index >= 15 is 0 Å². The van der Waals surface area contributed by atoms with Crippen molar-refractivity contribution in [2.24, 2.45) is 0 Å². The SMILES string of the molecule is O=C(c1cccs1)N1CC[C@@H](c2ccc3c(c2)OCO3)[C@H](O)C1. The number of thiophene rings is 1. The third-order valence-corrected chi connectivity index (χ3v) is 5.28. The fourth-order valence-corrected chi connectivity index (χ4v) is 3.90. The second-order valence-corrected chi connectivity index (χ2v) is 6.75. The van der Waals surface area contributed by atoms with Crippen LogP contribution in [0.1, 0.15) is 27.6 Å². The van der Waals surface area contributed by atoms with E-state index in [1.165, 1.54) is 11.3 Å². The molecule has 1 aromatic carbocycles. The van der Waals surface area contributed by atoms with Gasteiger partial charge in [-0.3, -0.25) is 4.79 Å². The summed E-state index contributed by atoms with van der Waals surface area (Å²) in [6.07, 6.45) is 0.158. The number of fused-ring (bicyclic) bond motifs is 1. The van der Waals surface area contributed by atoms with Crippen molar-refractivity contribution in [1.29, 1.82) is 0 Å². The first-order valence-corrected chi connectivity index (χ1v) is 8.51. The Kier molecular flexibility index (Phi) is 3.71. The Hall–Kier alpha value is -2.05. The zero-order valence-corrected chi connectivity index (χ0v) is 13.3. The minimum atomic E-state index is -0.576. The molecule has 5 nitrogen and oxygen atoms in total. The highest BCUT2D eigenvalue weighted by molar-refractivity contribution is 7.12. The molecule has 3 heterocycles. The number of carbonyl (C=O) groups is 1. The molecule has 1 aromatic heterocycles. The number of piperidine rings is 1. The Morgan fingerprint density at radius 2 is 2.13 bits per heavy atom. The molecule has 1 fully saturated rings. The maximum absolute atomic E-state index is 12.4. The maximum atomic E-state index is 12.4. The number of likely N-dealkylation sites (tertiary alicyclic amines) is 1. The molecule has 0 unspecified atom stereocenters. The number of rotatable bonds is 2. The van der Waals surface area contributed by atoms with Gasteiger partial charge >= 0.3 is 0 Å². The van der Waals surface area contributed by atoms with E-state index in [1.807, 2.05) is 35.7 Å². The number of β-amino-alcohol motifs (C(OH)–C–C–N with tert-alkyl or cyclic N) is 1. The van der Waals surface area contributed by atoms with Crippen LogP contribution in [0.15, 0.2) is 35.7 Å². The van der Waals surface area contributed by atoms with Crippen molar-refractivity contribution in [2.75, 3.05) is 19.9 Å². The van der Waals surface area contributed by atoms with E-state index < -0.39 is 6.10 Å². The Labute approximate surface area is 138 Å². The molecular formula is C17H17NO4S. The van der Waals surface area contributed by atoms with Gasteiger partial charge in [0.15, 0.2) is 11.5 Å². The molecular weight excluding hydrogens is 314 g/mol. The fourth-order valence-electron chi connectivity index (χ4n) is 3.20. The number of aliphatic hydroxyl groups is 1. The van der Waals surface area contributed by atoms with Gasteiger partial charge in [-0.2, -0.15) is 0 Å². The number of ether oxygens (including phenoxy) is 2. The van der Waals surface area contributed by atoms with E-state index in [4.69, 9.17) is 9.47 Å². The highest BCUT2D eigenvalue weighted by atomic mass is 32.1. The minimum Gasteiger partial charge on any atom is -0.454 e. The molecule has 6 heteroatoms. The molecule has 0 bridgehead atoms. The van der Waals surface area contributed by atoms with Crippen LogP contribution in [-0.2, 0) is 0 Å². The van der Waals surface area contributed by atoms with E-state index in [1.54, 1.807) is 4.90 Å². The lowest BCUT2D eigenvalue weighted by Crippen LogP contribution is -2.45. The van der Waals surface area contributed by atoms with Crippen molar-refractivity contribution in [3.63, 3.8) is 0 Å². The summed E-state index contributed by atoms with van der Waals surface area (Å²) < 4.78 is 10.7. The zero-order valence-electron chi connectivity index (χ0n) is 12.5. The molecule has 0 aliphatic carbocycles. The molecule has 2 atom stereocenters. The largest absolute Gasteiger partial charge is 0.454 e. The van der Waals surface area contributed by atoms with Crippen LogP contribution in [0, 0.1) is 0 Å². The molecule has 1 N–H and O–H groups in total. The molecule has 2 aromatic rings. The summed E-state index contributed by atoms with van der Waals surface area (Å²) >= 11 is 1.43. The van der Waals surface area contributed by atoms with Gasteiger partial charge in [-0.1, -0.05) is 12.1 Å². The van der Waals surface area contributed by atoms with Crippen molar-refractivity contribution >= 4 is 17.2 Å². The number of aliphatic hydroxyl groups excluding tert-OH is 1. The third-order valence-electron chi connectivity index (χ3n) is 4.43. The van der Waals surface area contributed by atoms with Gasteiger partial charge in [-0.15, -0.1) is 11.3 Å². The molecule has 0 saturated carbocycles. The van der Waals surface area contributed by atoms with Crippen LogP contribution in [0.4, 0.5) is 0 Å². The summed E-state index contributed by atoms with van der Waals surface area (Å²) in [6.45, 7) is 1.25. The molecule has 1 amide bonds. The Morgan fingerprint density at radius 1 is 1.26 bits per heavy atom. The van der Waals surface area contributed by atoms with Crippen LogP contribution < -0.4 is 9.47 Å².